The molecule has 4 rings (SSSR count). The normalized spacial score (nSPS) is 48.0. The van der Waals surface area contributed by atoms with Crippen molar-refractivity contribution in [2.75, 3.05) is 0 Å². The second kappa shape index (κ2) is 5.54. The van der Waals surface area contributed by atoms with Crippen LogP contribution >= 0.6 is 0 Å². The van der Waals surface area contributed by atoms with Crippen molar-refractivity contribution < 1.29 is 24.5 Å². The Morgan fingerprint density at radius 3 is 2.64 bits per heavy atom. The summed E-state index contributed by atoms with van der Waals surface area (Å²) in [5.74, 6) is 0.216. The molecular formula is C20H30O5. The Morgan fingerprint density at radius 1 is 1.20 bits per heavy atom. The minimum atomic E-state index is -1.11. The third-order valence-electron chi connectivity index (χ3n) is 7.75. The molecule has 2 bridgehead atoms. The molecule has 5 heteroatoms. The molecule has 1 saturated heterocycles. The fourth-order valence-electron chi connectivity index (χ4n) is 6.67. The van der Waals surface area contributed by atoms with Gasteiger partial charge in [-0.2, -0.15) is 0 Å². The number of rotatable bonds is 3. The number of fused-ring (bicyclic) bond motifs is 1. The second-order valence-electron chi connectivity index (χ2n) is 9.43. The molecule has 2 heterocycles. The van der Waals surface area contributed by atoms with E-state index in [1.165, 1.54) is 12.5 Å². The molecular weight excluding hydrogens is 320 g/mol. The topological polar surface area (TPSA) is 76.0 Å². The number of aliphatic hydroxyl groups is 2. The minimum absolute atomic E-state index is 0.205. The first kappa shape index (κ1) is 17.5. The van der Waals surface area contributed by atoms with Gasteiger partial charge in [0.15, 0.2) is 6.29 Å². The van der Waals surface area contributed by atoms with Gasteiger partial charge >= 0.3 is 5.97 Å². The van der Waals surface area contributed by atoms with E-state index in [0.29, 0.717) is 17.9 Å². The van der Waals surface area contributed by atoms with E-state index in [9.17, 15) is 15.0 Å². The fraction of sp³-hybridized carbons (Fsp3) is 0.850. The van der Waals surface area contributed by atoms with Crippen molar-refractivity contribution in [2.45, 2.75) is 83.9 Å². The van der Waals surface area contributed by atoms with E-state index in [1.807, 2.05) is 0 Å². The largest absolute Gasteiger partial charge is 0.429 e. The number of ether oxygens (including phenoxy) is 2. The summed E-state index contributed by atoms with van der Waals surface area (Å²) < 4.78 is 11.0. The lowest BCUT2D eigenvalue weighted by molar-refractivity contribution is -0.177. The first-order valence-electron chi connectivity index (χ1n) is 9.64. The lowest BCUT2D eigenvalue weighted by Crippen LogP contribution is -2.56. The van der Waals surface area contributed by atoms with Crippen LogP contribution in [-0.4, -0.2) is 34.4 Å². The van der Waals surface area contributed by atoms with E-state index in [2.05, 4.69) is 20.8 Å². The van der Waals surface area contributed by atoms with Gasteiger partial charge in [0.25, 0.3) is 0 Å². The molecule has 25 heavy (non-hydrogen) atoms. The van der Waals surface area contributed by atoms with Gasteiger partial charge in [0, 0.05) is 17.1 Å². The van der Waals surface area contributed by atoms with Crippen molar-refractivity contribution >= 4 is 5.97 Å². The van der Waals surface area contributed by atoms with Gasteiger partial charge in [0.05, 0.1) is 5.60 Å². The molecule has 6 atom stereocenters. The highest BCUT2D eigenvalue weighted by atomic mass is 16.6. The first-order valence-corrected chi connectivity index (χ1v) is 9.64. The summed E-state index contributed by atoms with van der Waals surface area (Å²) in [5.41, 5.74) is 0.329. The van der Waals surface area contributed by atoms with Gasteiger partial charge < -0.3 is 19.7 Å². The molecule has 4 aliphatic rings. The van der Waals surface area contributed by atoms with Crippen LogP contribution < -0.4 is 0 Å². The number of cyclic esters (lactones) is 1. The molecule has 2 saturated carbocycles. The van der Waals surface area contributed by atoms with Gasteiger partial charge in [-0.15, -0.1) is 0 Å². The summed E-state index contributed by atoms with van der Waals surface area (Å²) in [6.45, 7) is 6.80. The van der Waals surface area contributed by atoms with Gasteiger partial charge in [-0.1, -0.05) is 20.3 Å². The van der Waals surface area contributed by atoms with Crippen LogP contribution in [0.5, 0.6) is 0 Å². The molecule has 0 aromatic rings. The Labute approximate surface area is 149 Å². The molecule has 140 valence electrons. The molecule has 0 radical (unpaired) electrons. The number of hydrogen-bond acceptors (Lipinski definition) is 5. The molecule has 1 spiro atoms. The molecule has 2 N–H and O–H groups in total. The lowest BCUT2D eigenvalue weighted by Gasteiger charge is -2.58. The van der Waals surface area contributed by atoms with Crippen molar-refractivity contribution in [2.24, 2.45) is 22.7 Å². The third-order valence-corrected chi connectivity index (χ3v) is 7.75. The zero-order valence-electron chi connectivity index (χ0n) is 15.5. The van der Waals surface area contributed by atoms with Crippen LogP contribution in [0.2, 0.25) is 0 Å². The highest BCUT2D eigenvalue weighted by molar-refractivity contribution is 5.85. The van der Waals surface area contributed by atoms with Crippen LogP contribution in [0.15, 0.2) is 11.6 Å². The molecule has 5 nitrogen and oxygen atoms in total. The smallest absolute Gasteiger partial charge is 0.333 e. The summed E-state index contributed by atoms with van der Waals surface area (Å²) in [5, 5.41) is 20.8. The Bertz CT molecular complexity index is 611. The van der Waals surface area contributed by atoms with Gasteiger partial charge in [-0.3, -0.25) is 0 Å². The van der Waals surface area contributed by atoms with E-state index >= 15 is 0 Å². The molecule has 2 aliphatic heterocycles. The summed E-state index contributed by atoms with van der Waals surface area (Å²) >= 11 is 0. The molecule has 3 fully saturated rings. The Morgan fingerprint density at radius 2 is 1.96 bits per heavy atom. The monoisotopic (exact) mass is 350 g/mol. The number of carbonyl (C=O) groups excluding carboxylic acids is 1. The van der Waals surface area contributed by atoms with Crippen LogP contribution in [0, 0.1) is 22.7 Å². The SMILES string of the molecule is CC1(C)CCC[C@@]23C(O)O[C@@](C)(CC[C@@H]12)[C@@H]3CCC1=CC(=O)OC1O. The highest BCUT2D eigenvalue weighted by Gasteiger charge is 2.69. The van der Waals surface area contributed by atoms with Crippen LogP contribution in [0.25, 0.3) is 0 Å². The van der Waals surface area contributed by atoms with E-state index in [4.69, 9.17) is 9.47 Å². The average molecular weight is 350 g/mol. The van der Waals surface area contributed by atoms with Gasteiger partial charge in [-0.25, -0.2) is 4.79 Å². The van der Waals surface area contributed by atoms with E-state index < -0.39 is 18.5 Å². The van der Waals surface area contributed by atoms with Gasteiger partial charge in [-0.05, 0) is 62.7 Å². The lowest BCUT2D eigenvalue weighted by atomic mass is 9.45. The minimum Gasteiger partial charge on any atom is -0.429 e. The van der Waals surface area contributed by atoms with Crippen LogP contribution in [-0.2, 0) is 14.3 Å². The summed E-state index contributed by atoms with van der Waals surface area (Å²) in [4.78, 5) is 11.4. The maximum absolute atomic E-state index is 11.4. The highest BCUT2D eigenvalue weighted by Crippen LogP contribution is 2.69. The van der Waals surface area contributed by atoms with Crippen molar-refractivity contribution in [3.63, 3.8) is 0 Å². The van der Waals surface area contributed by atoms with Gasteiger partial charge in [0.2, 0.25) is 6.29 Å². The quantitative estimate of drug-likeness (QED) is 0.766. The first-order chi connectivity index (χ1) is 11.7. The van der Waals surface area contributed by atoms with Crippen molar-refractivity contribution in [1.29, 1.82) is 0 Å². The maximum Gasteiger partial charge on any atom is 0.333 e. The van der Waals surface area contributed by atoms with Crippen LogP contribution in [0.1, 0.15) is 65.7 Å². The number of hydrogen-bond donors (Lipinski definition) is 2. The summed E-state index contributed by atoms with van der Waals surface area (Å²) in [6.07, 6.45) is 6.38. The van der Waals surface area contributed by atoms with Crippen LogP contribution in [0.4, 0.5) is 0 Å². The van der Waals surface area contributed by atoms with Crippen molar-refractivity contribution in [3.05, 3.63) is 11.6 Å². The fourth-order valence-corrected chi connectivity index (χ4v) is 6.67. The van der Waals surface area contributed by atoms with E-state index in [0.717, 1.165) is 32.1 Å². The van der Waals surface area contributed by atoms with Crippen molar-refractivity contribution in [1.82, 2.24) is 0 Å². The number of aliphatic hydroxyl groups excluding tert-OH is 2. The molecule has 0 aromatic carbocycles. The number of esters is 1. The molecule has 0 aromatic heterocycles. The predicted octanol–water partition coefficient (Wildman–Crippen LogP) is 2.90. The summed E-state index contributed by atoms with van der Waals surface area (Å²) in [6, 6.07) is 0. The average Bonchev–Trinajstić information content (AvgIpc) is 2.87. The Balaban J connectivity index is 1.64. The third kappa shape index (κ3) is 2.42. The van der Waals surface area contributed by atoms with Crippen molar-refractivity contribution in [3.8, 4) is 0 Å². The Kier molecular flexibility index (Phi) is 3.88. The zero-order valence-corrected chi connectivity index (χ0v) is 15.5. The summed E-state index contributed by atoms with van der Waals surface area (Å²) in [7, 11) is 0. The Hall–Kier alpha value is -0.910. The van der Waals surface area contributed by atoms with E-state index in [1.54, 1.807) is 0 Å². The zero-order chi connectivity index (χ0) is 18.0. The van der Waals surface area contributed by atoms with Gasteiger partial charge in [0.1, 0.15) is 0 Å². The number of carbonyl (C=O) groups is 1. The second-order valence-corrected chi connectivity index (χ2v) is 9.43. The molecule has 2 aliphatic carbocycles. The standard InChI is InChI=1S/C20H30O5/c1-18(2)8-4-9-20-13(18)7-10-19(3,25-17(20)23)14(20)6-5-12-11-15(21)24-16(12)22/h11,13-14,16-17,22-23H,4-10H2,1-3H3/t13-,14-,16?,17?,19-,20+/m0/s1. The molecule has 2 unspecified atom stereocenters. The van der Waals surface area contributed by atoms with Crippen LogP contribution in [0.3, 0.4) is 0 Å². The van der Waals surface area contributed by atoms with E-state index in [-0.39, 0.29) is 22.3 Å². The predicted molar refractivity (Wildman–Crippen MR) is 91.2 cm³/mol. The molecule has 0 amide bonds. The maximum atomic E-state index is 11.4.